The van der Waals surface area contributed by atoms with Gasteiger partial charge in [-0.15, -0.1) is 0 Å². The van der Waals surface area contributed by atoms with E-state index in [-0.39, 0.29) is 12.6 Å². The van der Waals surface area contributed by atoms with E-state index >= 15 is 0 Å². The molecule has 2 rings (SSSR count). The molecule has 0 aliphatic rings. The van der Waals surface area contributed by atoms with Gasteiger partial charge in [-0.1, -0.05) is 19.1 Å². The Kier molecular flexibility index (Phi) is 6.63. The zero-order chi connectivity index (χ0) is 17.4. The molecule has 0 fully saturated rings. The van der Waals surface area contributed by atoms with Gasteiger partial charge in [0.2, 0.25) is 0 Å². The van der Waals surface area contributed by atoms with Crippen LogP contribution in [0.4, 0.5) is 10.5 Å². The number of aryl methyl sites for hydroxylation is 1. The second-order valence-electron chi connectivity index (χ2n) is 5.58. The highest BCUT2D eigenvalue weighted by molar-refractivity contribution is 5.89. The van der Waals surface area contributed by atoms with E-state index < -0.39 is 0 Å². The van der Waals surface area contributed by atoms with Crippen molar-refractivity contribution in [2.45, 2.75) is 20.3 Å². The lowest BCUT2D eigenvalue weighted by atomic mass is 10.2. The first kappa shape index (κ1) is 17.8. The maximum absolute atomic E-state index is 12.2. The zero-order valence-electron chi connectivity index (χ0n) is 14.2. The van der Waals surface area contributed by atoms with E-state index in [1.165, 1.54) is 0 Å². The molecule has 2 amide bonds. The smallest absolute Gasteiger partial charge is 0.321 e. The number of urea groups is 1. The van der Waals surface area contributed by atoms with Gasteiger partial charge in [-0.3, -0.25) is 0 Å². The van der Waals surface area contributed by atoms with Gasteiger partial charge in [0.25, 0.3) is 0 Å². The third kappa shape index (κ3) is 5.28. The van der Waals surface area contributed by atoms with Crippen LogP contribution in [0, 0.1) is 6.92 Å². The number of aliphatic hydroxyl groups excluding tert-OH is 1. The van der Waals surface area contributed by atoms with Crippen LogP contribution in [0.15, 0.2) is 48.5 Å². The first-order chi connectivity index (χ1) is 11.6. The van der Waals surface area contributed by atoms with Crippen LogP contribution >= 0.6 is 0 Å². The Hall–Kier alpha value is -2.53. The summed E-state index contributed by atoms with van der Waals surface area (Å²) >= 11 is 0. The molecule has 0 aliphatic heterocycles. The molecule has 2 aromatic rings. The van der Waals surface area contributed by atoms with Crippen molar-refractivity contribution < 1.29 is 14.6 Å². The van der Waals surface area contributed by atoms with Crippen LogP contribution in [0.25, 0.3) is 0 Å². The van der Waals surface area contributed by atoms with Crippen LogP contribution < -0.4 is 10.1 Å². The van der Waals surface area contributed by atoms with E-state index in [0.29, 0.717) is 24.5 Å². The quantitative estimate of drug-likeness (QED) is 0.807. The summed E-state index contributed by atoms with van der Waals surface area (Å²) in [6, 6.07) is 14.8. The molecule has 2 aromatic carbocycles. The lowest BCUT2D eigenvalue weighted by Crippen LogP contribution is -2.37. The average Bonchev–Trinajstić information content (AvgIpc) is 2.56. The number of carbonyl (C=O) groups excluding carboxylic acids is 1. The number of rotatable bonds is 7. The first-order valence-corrected chi connectivity index (χ1v) is 8.13. The van der Waals surface area contributed by atoms with Crippen molar-refractivity contribution >= 4 is 11.7 Å². The van der Waals surface area contributed by atoms with Gasteiger partial charge in [0, 0.05) is 18.8 Å². The molecule has 0 saturated heterocycles. The molecule has 2 N–H and O–H groups in total. The summed E-state index contributed by atoms with van der Waals surface area (Å²) in [6.07, 6.45) is 0.844. The Labute approximate surface area is 142 Å². The molecule has 5 nitrogen and oxygen atoms in total. The molecule has 0 aliphatic carbocycles. The van der Waals surface area contributed by atoms with E-state index in [1.54, 1.807) is 17.0 Å². The fraction of sp³-hybridized carbons (Fsp3) is 0.316. The highest BCUT2D eigenvalue weighted by atomic mass is 16.5. The molecule has 0 radical (unpaired) electrons. The fourth-order valence-corrected chi connectivity index (χ4v) is 2.33. The summed E-state index contributed by atoms with van der Waals surface area (Å²) in [5.41, 5.74) is 1.83. The lowest BCUT2D eigenvalue weighted by Gasteiger charge is -2.21. The molecule has 0 spiro atoms. The Morgan fingerprint density at radius 1 is 1.12 bits per heavy atom. The highest BCUT2D eigenvalue weighted by Gasteiger charge is 2.11. The van der Waals surface area contributed by atoms with Gasteiger partial charge >= 0.3 is 6.03 Å². The van der Waals surface area contributed by atoms with Crippen LogP contribution in [0.3, 0.4) is 0 Å². The van der Waals surface area contributed by atoms with Gasteiger partial charge in [-0.05, 0) is 55.3 Å². The number of carbonyl (C=O) groups is 1. The summed E-state index contributed by atoms with van der Waals surface area (Å²) in [6.45, 7) is 4.90. The number of benzene rings is 2. The summed E-state index contributed by atoms with van der Waals surface area (Å²) in [7, 11) is 0. The summed E-state index contributed by atoms with van der Waals surface area (Å²) in [5, 5.41) is 11.9. The van der Waals surface area contributed by atoms with E-state index in [0.717, 1.165) is 17.7 Å². The van der Waals surface area contributed by atoms with Crippen molar-refractivity contribution in [1.29, 1.82) is 0 Å². The molecular weight excluding hydrogens is 304 g/mol. The maximum Gasteiger partial charge on any atom is 0.321 e. The summed E-state index contributed by atoms with van der Waals surface area (Å²) in [5.74, 6) is 1.49. The van der Waals surface area contributed by atoms with Crippen molar-refractivity contribution in [2.75, 3.05) is 25.0 Å². The minimum Gasteiger partial charge on any atom is -0.457 e. The number of hydrogen-bond donors (Lipinski definition) is 2. The van der Waals surface area contributed by atoms with Crippen molar-refractivity contribution in [3.63, 3.8) is 0 Å². The van der Waals surface area contributed by atoms with Crippen molar-refractivity contribution in [1.82, 2.24) is 4.90 Å². The number of ether oxygens (including phenoxy) is 1. The minimum absolute atomic E-state index is 0.0450. The molecule has 0 saturated carbocycles. The van der Waals surface area contributed by atoms with Crippen LogP contribution in [0.1, 0.15) is 18.9 Å². The molecule has 0 heterocycles. The average molecular weight is 328 g/mol. The van der Waals surface area contributed by atoms with E-state index in [1.807, 2.05) is 50.2 Å². The molecule has 24 heavy (non-hydrogen) atoms. The largest absolute Gasteiger partial charge is 0.457 e. The molecule has 0 unspecified atom stereocenters. The molecular formula is C19H24N2O3. The van der Waals surface area contributed by atoms with Gasteiger partial charge < -0.3 is 20.1 Å². The number of amides is 2. The number of anilines is 1. The summed E-state index contributed by atoms with van der Waals surface area (Å²) in [4.78, 5) is 13.8. The minimum atomic E-state index is -0.210. The Balaban J connectivity index is 1.97. The zero-order valence-corrected chi connectivity index (χ0v) is 14.2. The molecule has 128 valence electrons. The van der Waals surface area contributed by atoms with Crippen LogP contribution in [-0.4, -0.2) is 35.7 Å². The van der Waals surface area contributed by atoms with Gasteiger partial charge in [-0.2, -0.15) is 0 Å². The predicted molar refractivity (Wildman–Crippen MR) is 95.7 cm³/mol. The van der Waals surface area contributed by atoms with Gasteiger partial charge in [0.05, 0.1) is 6.61 Å². The predicted octanol–water partition coefficient (Wildman–Crippen LogP) is 4.02. The van der Waals surface area contributed by atoms with E-state index in [2.05, 4.69) is 5.32 Å². The van der Waals surface area contributed by atoms with Crippen molar-refractivity contribution in [3.8, 4) is 11.5 Å². The molecule has 0 bridgehead atoms. The number of nitrogens with zero attached hydrogens (tertiary/aromatic N) is 1. The topological polar surface area (TPSA) is 61.8 Å². The van der Waals surface area contributed by atoms with Gasteiger partial charge in [0.1, 0.15) is 11.5 Å². The second kappa shape index (κ2) is 8.93. The number of aliphatic hydroxyl groups is 1. The third-order valence-corrected chi connectivity index (χ3v) is 3.48. The van der Waals surface area contributed by atoms with Crippen molar-refractivity contribution in [2.24, 2.45) is 0 Å². The van der Waals surface area contributed by atoms with Crippen LogP contribution in [-0.2, 0) is 0 Å². The normalized spacial score (nSPS) is 10.3. The molecule has 0 atom stereocenters. The number of nitrogens with one attached hydrogen (secondary N) is 1. The fourth-order valence-electron chi connectivity index (χ4n) is 2.33. The Morgan fingerprint density at radius 2 is 1.88 bits per heavy atom. The van der Waals surface area contributed by atoms with Gasteiger partial charge in [-0.25, -0.2) is 4.79 Å². The Morgan fingerprint density at radius 3 is 2.50 bits per heavy atom. The summed E-state index contributed by atoms with van der Waals surface area (Å²) < 4.78 is 5.79. The lowest BCUT2D eigenvalue weighted by molar-refractivity contribution is 0.188. The highest BCUT2D eigenvalue weighted by Crippen LogP contribution is 2.23. The third-order valence-electron chi connectivity index (χ3n) is 3.48. The molecule has 0 aromatic heterocycles. The first-order valence-electron chi connectivity index (χ1n) is 8.13. The van der Waals surface area contributed by atoms with E-state index in [9.17, 15) is 4.79 Å². The number of hydrogen-bond acceptors (Lipinski definition) is 3. The Bertz CT molecular complexity index is 650. The second-order valence-corrected chi connectivity index (χ2v) is 5.58. The maximum atomic E-state index is 12.2. The van der Waals surface area contributed by atoms with E-state index in [4.69, 9.17) is 9.84 Å². The van der Waals surface area contributed by atoms with Gasteiger partial charge in [0.15, 0.2) is 0 Å². The molecule has 5 heteroatoms. The monoisotopic (exact) mass is 328 g/mol. The standard InChI is InChI=1S/C19H24N2O3/c1-3-11-21(12-13-22)19(23)20-16-7-9-17(10-8-16)24-18-6-4-5-15(2)14-18/h4-10,14,22H,3,11-13H2,1-2H3,(H,20,23). The van der Waals surface area contributed by atoms with Crippen LogP contribution in [0.2, 0.25) is 0 Å². The van der Waals surface area contributed by atoms with Crippen molar-refractivity contribution in [3.05, 3.63) is 54.1 Å². The van der Waals surface area contributed by atoms with Crippen LogP contribution in [0.5, 0.6) is 11.5 Å². The SMILES string of the molecule is CCCN(CCO)C(=O)Nc1ccc(Oc2cccc(C)c2)cc1.